The maximum atomic E-state index is 12.0. The molecule has 3 rings (SSSR count). The van der Waals surface area contributed by atoms with Gasteiger partial charge in [-0.3, -0.25) is 4.79 Å². The first kappa shape index (κ1) is 21.3. The van der Waals surface area contributed by atoms with Crippen LogP contribution in [0.25, 0.3) is 0 Å². The fourth-order valence-corrected chi connectivity index (χ4v) is 3.30. The summed E-state index contributed by atoms with van der Waals surface area (Å²) < 4.78 is 11.2. The number of anilines is 1. The van der Waals surface area contributed by atoms with E-state index in [1.54, 1.807) is 0 Å². The van der Waals surface area contributed by atoms with Crippen LogP contribution in [0.4, 0.5) is 5.82 Å². The lowest BCUT2D eigenvalue weighted by atomic mass is 10.2. The highest BCUT2D eigenvalue weighted by Crippen LogP contribution is 2.15. The molecule has 0 spiro atoms. The molecule has 0 saturated carbocycles. The topological polar surface area (TPSA) is 63.7 Å². The number of pyridine rings is 1. The van der Waals surface area contributed by atoms with Gasteiger partial charge in [-0.25, -0.2) is 4.98 Å². The van der Waals surface area contributed by atoms with Crippen molar-refractivity contribution in [3.63, 3.8) is 0 Å². The Balaban J connectivity index is 1.27. The molecule has 1 aromatic carbocycles. The zero-order chi connectivity index (χ0) is 20.3. The van der Waals surface area contributed by atoms with Crippen LogP contribution in [-0.4, -0.2) is 49.9 Å². The summed E-state index contributed by atoms with van der Waals surface area (Å²) in [5, 5.41) is 2.95. The molecule has 2 aromatic rings. The van der Waals surface area contributed by atoms with Crippen LogP contribution in [0.3, 0.4) is 0 Å². The molecule has 1 aliphatic heterocycles. The summed E-state index contributed by atoms with van der Waals surface area (Å²) in [6.07, 6.45) is 4.17. The zero-order valence-electron chi connectivity index (χ0n) is 17.2. The van der Waals surface area contributed by atoms with Gasteiger partial charge in [0.25, 0.3) is 0 Å². The summed E-state index contributed by atoms with van der Waals surface area (Å²) in [5.41, 5.74) is 2.27. The Morgan fingerprint density at radius 3 is 2.83 bits per heavy atom. The Morgan fingerprint density at radius 1 is 1.21 bits per heavy atom. The maximum Gasteiger partial charge on any atom is 0.220 e. The molecule has 1 N–H and O–H groups in total. The summed E-state index contributed by atoms with van der Waals surface area (Å²) in [7, 11) is 0. The zero-order valence-corrected chi connectivity index (χ0v) is 17.2. The van der Waals surface area contributed by atoms with E-state index in [9.17, 15) is 4.79 Å². The summed E-state index contributed by atoms with van der Waals surface area (Å²) in [4.78, 5) is 18.8. The van der Waals surface area contributed by atoms with Crippen LogP contribution in [-0.2, 0) is 27.2 Å². The fourth-order valence-electron chi connectivity index (χ4n) is 3.30. The standard InChI is InChI=1S/C23H31N3O3/c1-19-18-26(12-15-29-19)22-10-9-21(16-24-22)17-25-23(27)8-5-13-28-14-11-20-6-3-2-4-7-20/h2-4,6-7,9-10,16,19H,5,8,11-15,17-18H2,1H3,(H,25,27). The lowest BCUT2D eigenvalue weighted by Gasteiger charge is -2.32. The molecule has 1 aliphatic rings. The van der Waals surface area contributed by atoms with Gasteiger partial charge in [0.2, 0.25) is 5.91 Å². The second-order valence-electron chi connectivity index (χ2n) is 7.38. The SMILES string of the molecule is CC1CN(c2ccc(CNC(=O)CCCOCCc3ccccc3)cn2)CCO1. The van der Waals surface area contributed by atoms with Gasteiger partial charge in [-0.2, -0.15) is 0 Å². The fraction of sp³-hybridized carbons (Fsp3) is 0.478. The average molecular weight is 398 g/mol. The number of hydrogen-bond donors (Lipinski definition) is 1. The van der Waals surface area contributed by atoms with Crippen molar-refractivity contribution in [3.8, 4) is 0 Å². The Morgan fingerprint density at radius 2 is 2.07 bits per heavy atom. The van der Waals surface area contributed by atoms with E-state index < -0.39 is 0 Å². The molecule has 2 heterocycles. The van der Waals surface area contributed by atoms with Crippen molar-refractivity contribution in [1.82, 2.24) is 10.3 Å². The first-order valence-electron chi connectivity index (χ1n) is 10.4. The molecule has 1 amide bonds. The van der Waals surface area contributed by atoms with Gasteiger partial charge in [0.05, 0.1) is 19.3 Å². The van der Waals surface area contributed by atoms with Gasteiger partial charge in [0.1, 0.15) is 5.82 Å². The molecule has 1 aromatic heterocycles. The highest BCUT2D eigenvalue weighted by Gasteiger charge is 2.17. The van der Waals surface area contributed by atoms with Crippen LogP contribution in [0.5, 0.6) is 0 Å². The van der Waals surface area contributed by atoms with Crippen LogP contribution in [0.2, 0.25) is 0 Å². The molecule has 1 atom stereocenters. The number of rotatable bonds is 10. The van der Waals surface area contributed by atoms with E-state index in [0.717, 1.165) is 43.9 Å². The summed E-state index contributed by atoms with van der Waals surface area (Å²) in [5.74, 6) is 1.01. The van der Waals surface area contributed by atoms with Gasteiger partial charge in [-0.1, -0.05) is 36.4 Å². The largest absolute Gasteiger partial charge is 0.381 e. The van der Waals surface area contributed by atoms with E-state index >= 15 is 0 Å². The van der Waals surface area contributed by atoms with E-state index in [4.69, 9.17) is 9.47 Å². The van der Waals surface area contributed by atoms with E-state index in [1.165, 1.54) is 5.56 Å². The van der Waals surface area contributed by atoms with E-state index in [2.05, 4.69) is 34.3 Å². The minimum absolute atomic E-state index is 0.0442. The molecule has 6 nitrogen and oxygen atoms in total. The first-order valence-corrected chi connectivity index (χ1v) is 10.4. The predicted molar refractivity (Wildman–Crippen MR) is 114 cm³/mol. The minimum Gasteiger partial charge on any atom is -0.381 e. The van der Waals surface area contributed by atoms with Crippen molar-refractivity contribution in [2.75, 3.05) is 37.8 Å². The third kappa shape index (κ3) is 7.48. The number of amides is 1. The molecule has 1 unspecified atom stereocenters. The van der Waals surface area contributed by atoms with E-state index in [0.29, 0.717) is 26.2 Å². The Bertz CT molecular complexity index is 737. The lowest BCUT2D eigenvalue weighted by Crippen LogP contribution is -2.41. The smallest absolute Gasteiger partial charge is 0.220 e. The van der Waals surface area contributed by atoms with E-state index in [-0.39, 0.29) is 12.0 Å². The van der Waals surface area contributed by atoms with Gasteiger partial charge in [0, 0.05) is 38.9 Å². The number of nitrogens with one attached hydrogen (secondary N) is 1. The van der Waals surface area contributed by atoms with Crippen LogP contribution >= 0.6 is 0 Å². The molecule has 29 heavy (non-hydrogen) atoms. The summed E-state index contributed by atoms with van der Waals surface area (Å²) in [6, 6.07) is 14.3. The normalized spacial score (nSPS) is 16.6. The summed E-state index contributed by atoms with van der Waals surface area (Å²) >= 11 is 0. The number of benzene rings is 1. The second-order valence-corrected chi connectivity index (χ2v) is 7.38. The number of carbonyl (C=O) groups excluding carboxylic acids is 1. The summed E-state index contributed by atoms with van der Waals surface area (Å²) in [6.45, 7) is 6.32. The van der Waals surface area contributed by atoms with Crippen molar-refractivity contribution in [3.05, 3.63) is 59.8 Å². The minimum atomic E-state index is 0.0442. The lowest BCUT2D eigenvalue weighted by molar-refractivity contribution is -0.121. The molecular formula is C23H31N3O3. The molecule has 1 fully saturated rings. The Kier molecular flexibility index (Phi) is 8.46. The molecule has 156 valence electrons. The molecule has 0 bridgehead atoms. The number of aromatic nitrogens is 1. The number of carbonyl (C=O) groups is 1. The van der Waals surface area contributed by atoms with Crippen LogP contribution < -0.4 is 10.2 Å². The van der Waals surface area contributed by atoms with Gasteiger partial charge in [-0.05, 0) is 37.0 Å². The van der Waals surface area contributed by atoms with Crippen LogP contribution in [0, 0.1) is 0 Å². The molecule has 1 saturated heterocycles. The maximum absolute atomic E-state index is 12.0. The average Bonchev–Trinajstić information content (AvgIpc) is 2.76. The highest BCUT2D eigenvalue weighted by molar-refractivity contribution is 5.75. The second kappa shape index (κ2) is 11.5. The third-order valence-corrected chi connectivity index (χ3v) is 4.93. The van der Waals surface area contributed by atoms with Crippen LogP contribution in [0.1, 0.15) is 30.9 Å². The number of ether oxygens (including phenoxy) is 2. The predicted octanol–water partition coefficient (Wildman–Crippen LogP) is 2.96. The third-order valence-electron chi connectivity index (χ3n) is 4.93. The Labute approximate surface area is 173 Å². The van der Waals surface area contributed by atoms with E-state index in [1.807, 2.05) is 36.5 Å². The quantitative estimate of drug-likeness (QED) is 0.625. The van der Waals surface area contributed by atoms with Gasteiger partial charge >= 0.3 is 0 Å². The molecular weight excluding hydrogens is 366 g/mol. The number of morpholine rings is 1. The molecule has 6 heteroatoms. The Hall–Kier alpha value is -2.44. The molecule has 0 aliphatic carbocycles. The van der Waals surface area contributed by atoms with Gasteiger partial charge < -0.3 is 19.7 Å². The van der Waals surface area contributed by atoms with Crippen molar-refractivity contribution in [2.24, 2.45) is 0 Å². The van der Waals surface area contributed by atoms with Crippen molar-refractivity contribution >= 4 is 11.7 Å². The monoisotopic (exact) mass is 397 g/mol. The van der Waals surface area contributed by atoms with Gasteiger partial charge in [0.15, 0.2) is 0 Å². The highest BCUT2D eigenvalue weighted by atomic mass is 16.5. The van der Waals surface area contributed by atoms with Crippen molar-refractivity contribution < 1.29 is 14.3 Å². The van der Waals surface area contributed by atoms with Crippen LogP contribution in [0.15, 0.2) is 48.7 Å². The van der Waals surface area contributed by atoms with Crippen molar-refractivity contribution in [1.29, 1.82) is 0 Å². The molecule has 0 radical (unpaired) electrons. The van der Waals surface area contributed by atoms with Gasteiger partial charge in [-0.15, -0.1) is 0 Å². The number of nitrogens with zero attached hydrogens (tertiary/aromatic N) is 2. The first-order chi connectivity index (χ1) is 14.2. The van der Waals surface area contributed by atoms with Crippen molar-refractivity contribution in [2.45, 2.75) is 38.8 Å². The number of hydrogen-bond acceptors (Lipinski definition) is 5.